The van der Waals surface area contributed by atoms with Gasteiger partial charge in [0.2, 0.25) is 0 Å². The van der Waals surface area contributed by atoms with E-state index in [0.717, 1.165) is 72.3 Å². The van der Waals surface area contributed by atoms with Gasteiger partial charge in [0.1, 0.15) is 11.2 Å². The summed E-state index contributed by atoms with van der Waals surface area (Å²) in [5.41, 5.74) is 17.7. The van der Waals surface area contributed by atoms with Gasteiger partial charge in [-0.15, -0.1) is 0 Å². The number of hydrogen-bond acceptors (Lipinski definition) is 4. The first-order valence-corrected chi connectivity index (χ1v) is 19.7. The number of nitrogens with zero attached hydrogens (tertiary/aromatic N) is 3. The Balaban J connectivity index is 1.11. The molecule has 0 saturated heterocycles. The van der Waals surface area contributed by atoms with Crippen LogP contribution in [-0.4, -0.2) is 15.0 Å². The van der Waals surface area contributed by atoms with Crippen molar-refractivity contribution in [1.29, 1.82) is 0 Å². The van der Waals surface area contributed by atoms with E-state index in [2.05, 4.69) is 163 Å². The van der Waals surface area contributed by atoms with Gasteiger partial charge in [-0.05, 0) is 74.3 Å². The maximum absolute atomic E-state index is 6.79. The van der Waals surface area contributed by atoms with Crippen molar-refractivity contribution >= 4 is 34.1 Å². The summed E-state index contributed by atoms with van der Waals surface area (Å²) in [7, 11) is 0. The van der Waals surface area contributed by atoms with E-state index in [4.69, 9.17) is 14.4 Å². The van der Waals surface area contributed by atoms with Crippen LogP contribution in [0.2, 0.25) is 0 Å². The average molecular weight is 740 g/mol. The lowest BCUT2D eigenvalue weighted by Crippen LogP contribution is -2.30. The molecule has 0 amide bonds. The van der Waals surface area contributed by atoms with E-state index in [1.165, 1.54) is 33.4 Å². The van der Waals surface area contributed by atoms with Gasteiger partial charge in [-0.3, -0.25) is 4.98 Å². The summed E-state index contributed by atoms with van der Waals surface area (Å²) in [4.78, 5) is 14.8. The lowest BCUT2D eigenvalue weighted by molar-refractivity contribution is 0.669. The van der Waals surface area contributed by atoms with Crippen LogP contribution in [0.3, 0.4) is 0 Å². The lowest BCUT2D eigenvalue weighted by atomic mass is 9.65. The summed E-state index contributed by atoms with van der Waals surface area (Å²) in [6, 6.07) is 62.6. The molecule has 270 valence electrons. The van der Waals surface area contributed by atoms with Gasteiger partial charge >= 0.3 is 0 Å². The molecule has 0 bridgehead atoms. The van der Waals surface area contributed by atoms with Crippen LogP contribution in [0.1, 0.15) is 33.4 Å². The average Bonchev–Trinajstić information content (AvgIpc) is 3.78. The quantitative estimate of drug-likeness (QED) is 0.180. The highest BCUT2D eigenvalue weighted by Crippen LogP contribution is 2.60. The van der Waals surface area contributed by atoms with E-state index in [-0.39, 0.29) is 0 Å². The standard InChI is InChI=1S/C54H33N3O/c1-2-12-38(13-3-1)53-56-48(37-25-20-34(21-26-37)40-14-10-30-55-33-40)32-49(57-53)39-27-24-36-23-22-35-11-4-7-17-44(35)54(47(36)31-39)45-18-8-5-16-43(45)51-46(54)29-28-42-41-15-6-9-19-50(41)58-52(42)51/h1-33H. The molecule has 3 heterocycles. The van der Waals surface area contributed by atoms with Crippen LogP contribution in [0.25, 0.3) is 90.2 Å². The van der Waals surface area contributed by atoms with Crippen molar-refractivity contribution in [2.75, 3.05) is 0 Å². The van der Waals surface area contributed by atoms with Crippen LogP contribution in [0.5, 0.6) is 0 Å². The highest BCUT2D eigenvalue weighted by Gasteiger charge is 2.49. The number of hydrogen-bond donors (Lipinski definition) is 0. The second kappa shape index (κ2) is 12.7. The predicted octanol–water partition coefficient (Wildman–Crippen LogP) is 13.3. The van der Waals surface area contributed by atoms with Crippen LogP contribution in [0.15, 0.2) is 193 Å². The summed E-state index contributed by atoms with van der Waals surface area (Å²) in [6.07, 6.45) is 8.24. The number of pyridine rings is 1. The number of furan rings is 1. The number of para-hydroxylation sites is 1. The zero-order valence-corrected chi connectivity index (χ0v) is 31.3. The maximum Gasteiger partial charge on any atom is 0.160 e. The van der Waals surface area contributed by atoms with Gasteiger partial charge in [-0.2, -0.15) is 0 Å². The third kappa shape index (κ3) is 4.79. The first-order valence-electron chi connectivity index (χ1n) is 19.7. The summed E-state index contributed by atoms with van der Waals surface area (Å²) in [5.74, 6) is 0.683. The zero-order chi connectivity index (χ0) is 38.2. The van der Waals surface area contributed by atoms with Crippen molar-refractivity contribution in [2.45, 2.75) is 5.41 Å². The van der Waals surface area contributed by atoms with Crippen LogP contribution >= 0.6 is 0 Å². The Hall–Kier alpha value is -7.69. The number of fused-ring (bicyclic) bond motifs is 13. The van der Waals surface area contributed by atoms with Crippen molar-refractivity contribution in [2.24, 2.45) is 0 Å². The molecule has 2 aliphatic carbocycles. The Labute approximate surface area is 335 Å². The van der Waals surface area contributed by atoms with Gasteiger partial charge in [0.25, 0.3) is 0 Å². The highest BCUT2D eigenvalue weighted by atomic mass is 16.3. The molecule has 58 heavy (non-hydrogen) atoms. The minimum Gasteiger partial charge on any atom is -0.455 e. The van der Waals surface area contributed by atoms with Gasteiger partial charge in [0.05, 0.1) is 16.8 Å². The first-order chi connectivity index (χ1) is 28.7. The molecule has 0 aliphatic heterocycles. The molecule has 1 unspecified atom stereocenters. The molecule has 12 rings (SSSR count). The van der Waals surface area contributed by atoms with E-state index in [1.807, 2.05) is 36.5 Å². The van der Waals surface area contributed by atoms with E-state index in [9.17, 15) is 0 Å². The van der Waals surface area contributed by atoms with Gasteiger partial charge in [-0.1, -0.05) is 164 Å². The van der Waals surface area contributed by atoms with Crippen LogP contribution in [-0.2, 0) is 5.41 Å². The Morgan fingerprint density at radius 2 is 1.12 bits per heavy atom. The van der Waals surface area contributed by atoms with Crippen molar-refractivity contribution in [3.8, 4) is 56.2 Å². The first kappa shape index (κ1) is 32.5. The number of aromatic nitrogens is 3. The van der Waals surface area contributed by atoms with Crippen molar-refractivity contribution in [3.05, 3.63) is 222 Å². The topological polar surface area (TPSA) is 51.8 Å². The van der Waals surface area contributed by atoms with Crippen molar-refractivity contribution in [3.63, 3.8) is 0 Å². The van der Waals surface area contributed by atoms with Crippen LogP contribution in [0, 0.1) is 0 Å². The number of benzene rings is 7. The molecule has 0 saturated carbocycles. The normalized spacial score (nSPS) is 14.9. The molecule has 4 heteroatoms. The predicted molar refractivity (Wildman–Crippen MR) is 235 cm³/mol. The Kier molecular flexibility index (Phi) is 7.11. The summed E-state index contributed by atoms with van der Waals surface area (Å²) >= 11 is 0. The molecule has 0 radical (unpaired) electrons. The number of rotatable bonds is 4. The Morgan fingerprint density at radius 1 is 0.431 bits per heavy atom. The monoisotopic (exact) mass is 739 g/mol. The molecular weight excluding hydrogens is 707 g/mol. The second-order valence-electron chi connectivity index (χ2n) is 15.1. The minimum atomic E-state index is -0.634. The molecule has 3 aromatic heterocycles. The van der Waals surface area contributed by atoms with Gasteiger partial charge in [-0.25, -0.2) is 9.97 Å². The van der Waals surface area contributed by atoms with E-state index >= 15 is 0 Å². The Morgan fingerprint density at radius 3 is 1.97 bits per heavy atom. The molecule has 2 aliphatic rings. The highest BCUT2D eigenvalue weighted by molar-refractivity contribution is 6.12. The molecule has 1 spiro atoms. The smallest absolute Gasteiger partial charge is 0.160 e. The molecule has 7 aromatic carbocycles. The third-order valence-electron chi connectivity index (χ3n) is 12.0. The SMILES string of the molecule is C1=Cc2ccc(-c3cc(-c4ccc(-c5cccnc5)cc4)nc(-c4ccccc4)n3)cc2C2(c3ccccc31)c1ccccc1-c1c2ccc2c1oc1ccccc12. The van der Waals surface area contributed by atoms with Gasteiger partial charge < -0.3 is 4.42 Å². The minimum absolute atomic E-state index is 0.634. The molecule has 0 N–H and O–H groups in total. The zero-order valence-electron chi connectivity index (χ0n) is 31.3. The molecule has 1 atom stereocenters. The molecule has 4 nitrogen and oxygen atoms in total. The maximum atomic E-state index is 6.79. The summed E-state index contributed by atoms with van der Waals surface area (Å²) in [6.45, 7) is 0. The molecule has 0 fully saturated rings. The van der Waals surface area contributed by atoms with E-state index in [0.29, 0.717) is 5.82 Å². The van der Waals surface area contributed by atoms with Crippen LogP contribution < -0.4 is 0 Å². The summed E-state index contributed by atoms with van der Waals surface area (Å²) < 4.78 is 6.79. The third-order valence-corrected chi connectivity index (χ3v) is 12.0. The van der Waals surface area contributed by atoms with Crippen molar-refractivity contribution in [1.82, 2.24) is 15.0 Å². The van der Waals surface area contributed by atoms with E-state index in [1.54, 1.807) is 6.20 Å². The fraction of sp³-hybridized carbons (Fsp3) is 0.0185. The molecule has 10 aromatic rings. The fourth-order valence-electron chi connectivity index (χ4n) is 9.44. The van der Waals surface area contributed by atoms with Crippen LogP contribution in [0.4, 0.5) is 0 Å². The van der Waals surface area contributed by atoms with Crippen molar-refractivity contribution < 1.29 is 4.42 Å². The largest absolute Gasteiger partial charge is 0.455 e. The molecular formula is C54H33N3O. The summed E-state index contributed by atoms with van der Waals surface area (Å²) in [5, 5.41) is 2.26. The van der Waals surface area contributed by atoms with E-state index < -0.39 is 5.41 Å². The lowest BCUT2D eigenvalue weighted by Gasteiger charge is -2.35. The Bertz CT molecular complexity index is 3270. The second-order valence-corrected chi connectivity index (χ2v) is 15.1. The van der Waals surface area contributed by atoms with Gasteiger partial charge in [0, 0.05) is 45.4 Å². The van der Waals surface area contributed by atoms with Gasteiger partial charge in [0.15, 0.2) is 5.82 Å². The fourth-order valence-corrected chi connectivity index (χ4v) is 9.44.